The van der Waals surface area contributed by atoms with Gasteiger partial charge in [0.25, 0.3) is 0 Å². The summed E-state index contributed by atoms with van der Waals surface area (Å²) in [6, 6.07) is 5.89. The van der Waals surface area contributed by atoms with Gasteiger partial charge in [-0.15, -0.1) is 0 Å². The fourth-order valence-corrected chi connectivity index (χ4v) is 2.14. The van der Waals surface area contributed by atoms with Gasteiger partial charge >= 0.3 is 0 Å². The number of hydrogen-bond donors (Lipinski definition) is 2. The molecule has 1 aromatic rings. The molecule has 0 bridgehead atoms. The molecule has 94 valence electrons. The van der Waals surface area contributed by atoms with Gasteiger partial charge in [-0.05, 0) is 18.2 Å². The van der Waals surface area contributed by atoms with Crippen LogP contribution in [-0.2, 0) is 4.74 Å². The number of anilines is 1. The summed E-state index contributed by atoms with van der Waals surface area (Å²) in [7, 11) is 1.67. The van der Waals surface area contributed by atoms with E-state index in [9.17, 15) is 0 Å². The molecule has 0 atom stereocenters. The number of nitrogens with two attached hydrogens (primary N) is 1. The first-order valence-corrected chi connectivity index (χ1v) is 6.34. The molecule has 1 aromatic carbocycles. The van der Waals surface area contributed by atoms with Crippen LogP contribution in [0.2, 0.25) is 0 Å². The minimum atomic E-state index is 0.0767. The van der Waals surface area contributed by atoms with Crippen LogP contribution in [-0.4, -0.2) is 33.4 Å². The van der Waals surface area contributed by atoms with E-state index in [4.69, 9.17) is 15.2 Å². The summed E-state index contributed by atoms with van der Waals surface area (Å²) in [5, 5.41) is 3.38. The van der Waals surface area contributed by atoms with Gasteiger partial charge in [-0.25, -0.2) is 0 Å². The Morgan fingerprint density at radius 1 is 1.53 bits per heavy atom. The van der Waals surface area contributed by atoms with Crippen molar-refractivity contribution in [1.82, 2.24) is 0 Å². The number of rotatable bonds is 5. The van der Waals surface area contributed by atoms with E-state index in [0.717, 1.165) is 35.7 Å². The van der Waals surface area contributed by atoms with Gasteiger partial charge in [-0.3, -0.25) is 0 Å². The molecule has 1 aliphatic heterocycles. The number of halogens is 1. The quantitative estimate of drug-likeness (QED) is 0.871. The van der Waals surface area contributed by atoms with Gasteiger partial charge in [0, 0.05) is 23.0 Å². The zero-order valence-electron chi connectivity index (χ0n) is 9.83. The predicted molar refractivity (Wildman–Crippen MR) is 71.5 cm³/mol. The van der Waals surface area contributed by atoms with Crippen molar-refractivity contribution in [1.29, 1.82) is 0 Å². The normalized spacial score (nSPS) is 17.4. The number of nitrogens with one attached hydrogen (secondary N) is 1. The van der Waals surface area contributed by atoms with Crippen molar-refractivity contribution in [2.75, 3.05) is 38.7 Å². The Balaban J connectivity index is 2.05. The second-order valence-electron chi connectivity index (χ2n) is 4.40. The summed E-state index contributed by atoms with van der Waals surface area (Å²) >= 11 is 3.45. The summed E-state index contributed by atoms with van der Waals surface area (Å²) in [6.45, 7) is 2.90. The van der Waals surface area contributed by atoms with Crippen LogP contribution in [0, 0.1) is 5.41 Å². The van der Waals surface area contributed by atoms with E-state index in [1.165, 1.54) is 0 Å². The first kappa shape index (κ1) is 12.7. The summed E-state index contributed by atoms with van der Waals surface area (Å²) in [4.78, 5) is 0. The Morgan fingerprint density at radius 2 is 2.29 bits per heavy atom. The number of benzene rings is 1. The zero-order chi connectivity index (χ0) is 12.3. The van der Waals surface area contributed by atoms with Crippen LogP contribution in [0.15, 0.2) is 22.7 Å². The highest BCUT2D eigenvalue weighted by Crippen LogP contribution is 2.31. The van der Waals surface area contributed by atoms with Gasteiger partial charge in [0.1, 0.15) is 5.75 Å². The minimum absolute atomic E-state index is 0.0767. The highest BCUT2D eigenvalue weighted by atomic mass is 79.9. The highest BCUT2D eigenvalue weighted by Gasteiger charge is 2.37. The highest BCUT2D eigenvalue weighted by molar-refractivity contribution is 9.10. The van der Waals surface area contributed by atoms with Crippen molar-refractivity contribution < 1.29 is 9.47 Å². The fourth-order valence-electron chi connectivity index (χ4n) is 1.78. The van der Waals surface area contributed by atoms with Crippen molar-refractivity contribution in [3.63, 3.8) is 0 Å². The Hall–Kier alpha value is -0.780. The molecule has 1 saturated heterocycles. The molecule has 0 saturated carbocycles. The molecule has 1 fully saturated rings. The third kappa shape index (κ3) is 2.73. The number of methoxy groups -OCH3 is 1. The lowest BCUT2D eigenvalue weighted by Gasteiger charge is -2.40. The summed E-state index contributed by atoms with van der Waals surface area (Å²) in [5.41, 5.74) is 6.82. The summed E-state index contributed by atoms with van der Waals surface area (Å²) in [6.07, 6.45) is 0. The molecule has 3 N–H and O–H groups in total. The maximum absolute atomic E-state index is 5.77. The van der Waals surface area contributed by atoms with E-state index in [2.05, 4.69) is 21.2 Å². The van der Waals surface area contributed by atoms with E-state index in [0.29, 0.717) is 6.54 Å². The van der Waals surface area contributed by atoms with E-state index in [1.54, 1.807) is 7.11 Å². The van der Waals surface area contributed by atoms with Crippen LogP contribution in [0.3, 0.4) is 0 Å². The Kier molecular flexibility index (Phi) is 3.91. The van der Waals surface area contributed by atoms with Crippen LogP contribution in [0.5, 0.6) is 5.75 Å². The molecule has 5 heteroatoms. The second-order valence-corrected chi connectivity index (χ2v) is 5.31. The van der Waals surface area contributed by atoms with E-state index >= 15 is 0 Å². The molecule has 0 radical (unpaired) electrons. The zero-order valence-corrected chi connectivity index (χ0v) is 11.4. The van der Waals surface area contributed by atoms with Gasteiger partial charge in [0.2, 0.25) is 0 Å². The maximum Gasteiger partial charge on any atom is 0.142 e. The Bertz CT molecular complexity index is 389. The lowest BCUT2D eigenvalue weighted by molar-refractivity contribution is -0.0979. The van der Waals surface area contributed by atoms with Gasteiger partial charge in [-0.1, -0.05) is 15.9 Å². The monoisotopic (exact) mass is 300 g/mol. The van der Waals surface area contributed by atoms with Crippen LogP contribution in [0.25, 0.3) is 0 Å². The number of hydrogen-bond acceptors (Lipinski definition) is 4. The molecular formula is C12H17BrN2O2. The summed E-state index contributed by atoms with van der Waals surface area (Å²) < 4.78 is 11.6. The smallest absolute Gasteiger partial charge is 0.142 e. The SMILES string of the molecule is COc1ccc(Br)cc1NCC1(CN)COC1. The minimum Gasteiger partial charge on any atom is -0.495 e. The van der Waals surface area contributed by atoms with Gasteiger partial charge in [0.15, 0.2) is 0 Å². The van der Waals surface area contributed by atoms with Crippen molar-refractivity contribution in [3.05, 3.63) is 22.7 Å². The van der Waals surface area contributed by atoms with Crippen LogP contribution >= 0.6 is 15.9 Å². The lowest BCUT2D eigenvalue weighted by Crippen LogP contribution is -2.52. The van der Waals surface area contributed by atoms with E-state index in [-0.39, 0.29) is 5.41 Å². The molecule has 17 heavy (non-hydrogen) atoms. The molecule has 0 unspecified atom stereocenters. The average molecular weight is 301 g/mol. The van der Waals surface area contributed by atoms with Crippen LogP contribution in [0.1, 0.15) is 0 Å². The topological polar surface area (TPSA) is 56.5 Å². The van der Waals surface area contributed by atoms with Gasteiger partial charge in [0.05, 0.1) is 26.0 Å². The van der Waals surface area contributed by atoms with Crippen LogP contribution in [0.4, 0.5) is 5.69 Å². The van der Waals surface area contributed by atoms with Crippen molar-refractivity contribution >= 4 is 21.6 Å². The van der Waals surface area contributed by atoms with Gasteiger partial charge in [-0.2, -0.15) is 0 Å². The maximum atomic E-state index is 5.77. The van der Waals surface area contributed by atoms with Crippen LogP contribution < -0.4 is 15.8 Å². The first-order valence-electron chi connectivity index (χ1n) is 5.54. The van der Waals surface area contributed by atoms with Crippen molar-refractivity contribution in [2.45, 2.75) is 0 Å². The first-order chi connectivity index (χ1) is 8.19. The molecule has 4 nitrogen and oxygen atoms in total. The summed E-state index contributed by atoms with van der Waals surface area (Å²) in [5.74, 6) is 0.834. The predicted octanol–water partition coefficient (Wildman–Crippen LogP) is 1.84. The van der Waals surface area contributed by atoms with Crippen molar-refractivity contribution in [3.8, 4) is 5.75 Å². The molecular weight excluding hydrogens is 284 g/mol. The largest absolute Gasteiger partial charge is 0.495 e. The standard InChI is InChI=1S/C12H17BrN2O2/c1-16-11-3-2-9(13)4-10(11)15-6-12(5-14)7-17-8-12/h2-4,15H,5-8,14H2,1H3. The second kappa shape index (κ2) is 5.25. The van der Waals surface area contributed by atoms with E-state index < -0.39 is 0 Å². The fraction of sp³-hybridized carbons (Fsp3) is 0.500. The number of ether oxygens (including phenoxy) is 2. The van der Waals surface area contributed by atoms with Gasteiger partial charge < -0.3 is 20.5 Å². The Labute approximate surface area is 110 Å². The molecule has 1 heterocycles. The van der Waals surface area contributed by atoms with E-state index in [1.807, 2.05) is 18.2 Å². The molecule has 1 aliphatic rings. The average Bonchev–Trinajstić information content (AvgIpc) is 2.28. The van der Waals surface area contributed by atoms with Crippen molar-refractivity contribution in [2.24, 2.45) is 11.1 Å². The molecule has 0 aromatic heterocycles. The molecule has 0 amide bonds. The molecule has 2 rings (SSSR count). The lowest BCUT2D eigenvalue weighted by atomic mass is 9.86. The molecule has 0 spiro atoms. The third-order valence-corrected chi connectivity index (χ3v) is 3.56. The molecule has 0 aliphatic carbocycles. The Morgan fingerprint density at radius 3 is 2.82 bits per heavy atom. The third-order valence-electron chi connectivity index (χ3n) is 3.06.